The lowest BCUT2D eigenvalue weighted by atomic mass is 9.95. The van der Waals surface area contributed by atoms with Crippen molar-refractivity contribution in [1.82, 2.24) is 0 Å². The number of esters is 1. The van der Waals surface area contributed by atoms with Gasteiger partial charge in [-0.1, -0.05) is 18.2 Å². The van der Waals surface area contributed by atoms with Gasteiger partial charge < -0.3 is 19.7 Å². The summed E-state index contributed by atoms with van der Waals surface area (Å²) in [6, 6.07) is 13.0. The third kappa shape index (κ3) is 3.38. The summed E-state index contributed by atoms with van der Waals surface area (Å²) < 4.78 is 10.6. The van der Waals surface area contributed by atoms with Crippen LogP contribution in [0.15, 0.2) is 48.5 Å². The van der Waals surface area contributed by atoms with Crippen LogP contribution in [0.5, 0.6) is 17.2 Å². The molecule has 1 atom stereocenters. The molecule has 0 spiro atoms. The first-order valence-corrected chi connectivity index (χ1v) is 6.91. The Morgan fingerprint density at radius 2 is 1.86 bits per heavy atom. The van der Waals surface area contributed by atoms with Crippen LogP contribution in [-0.4, -0.2) is 22.8 Å². The Hall–Kier alpha value is -2.53. The predicted molar refractivity (Wildman–Crippen MR) is 80.8 cm³/mol. The third-order valence-corrected chi connectivity index (χ3v) is 3.13. The van der Waals surface area contributed by atoms with Crippen LogP contribution < -0.4 is 4.74 Å². The fourth-order valence-electron chi connectivity index (χ4n) is 1.99. The largest absolute Gasteiger partial charge is 0.508 e. The number of aromatic hydroxyl groups is 1. The summed E-state index contributed by atoms with van der Waals surface area (Å²) in [6.45, 7) is 3.14. The van der Waals surface area contributed by atoms with E-state index in [2.05, 4.69) is 0 Å². The van der Waals surface area contributed by atoms with Crippen LogP contribution in [-0.2, 0) is 15.1 Å². The maximum Gasteiger partial charge on any atom is 0.342 e. The van der Waals surface area contributed by atoms with Crippen molar-refractivity contribution in [2.75, 3.05) is 6.61 Å². The van der Waals surface area contributed by atoms with Gasteiger partial charge in [0, 0.05) is 11.6 Å². The van der Waals surface area contributed by atoms with E-state index >= 15 is 0 Å². The minimum atomic E-state index is -1.88. The van der Waals surface area contributed by atoms with Gasteiger partial charge in [-0.25, -0.2) is 4.79 Å². The fraction of sp³-hybridized carbons (Fsp3) is 0.235. The summed E-state index contributed by atoms with van der Waals surface area (Å²) in [7, 11) is 0. The Morgan fingerprint density at radius 1 is 1.18 bits per heavy atom. The van der Waals surface area contributed by atoms with E-state index in [-0.39, 0.29) is 23.7 Å². The van der Waals surface area contributed by atoms with Crippen LogP contribution in [0.3, 0.4) is 0 Å². The van der Waals surface area contributed by atoms with Crippen LogP contribution in [0.1, 0.15) is 19.4 Å². The SMILES string of the molecule is CCOC(=O)C(C)(O)c1ccc(O)cc1Oc1ccccc1. The highest BCUT2D eigenvalue weighted by Gasteiger charge is 2.37. The summed E-state index contributed by atoms with van der Waals surface area (Å²) in [5.41, 5.74) is -1.67. The summed E-state index contributed by atoms with van der Waals surface area (Å²) >= 11 is 0. The Morgan fingerprint density at radius 3 is 2.50 bits per heavy atom. The zero-order chi connectivity index (χ0) is 16.2. The number of phenols is 1. The van der Waals surface area contributed by atoms with Gasteiger partial charge in [0.15, 0.2) is 5.60 Å². The van der Waals surface area contributed by atoms with Crippen LogP contribution in [0.4, 0.5) is 0 Å². The lowest BCUT2D eigenvalue weighted by Gasteiger charge is -2.24. The first-order chi connectivity index (χ1) is 10.4. The Bertz CT molecular complexity index is 649. The van der Waals surface area contributed by atoms with E-state index in [1.54, 1.807) is 31.2 Å². The molecule has 0 bridgehead atoms. The molecule has 2 aromatic rings. The second-order valence-corrected chi connectivity index (χ2v) is 4.89. The van der Waals surface area contributed by atoms with Crippen molar-refractivity contribution in [3.8, 4) is 17.2 Å². The average molecular weight is 302 g/mol. The Balaban J connectivity index is 2.41. The maximum absolute atomic E-state index is 12.0. The zero-order valence-electron chi connectivity index (χ0n) is 12.4. The van der Waals surface area contributed by atoms with E-state index in [1.807, 2.05) is 6.07 Å². The van der Waals surface area contributed by atoms with Crippen molar-refractivity contribution < 1.29 is 24.5 Å². The lowest BCUT2D eigenvalue weighted by molar-refractivity contribution is -0.164. The second-order valence-electron chi connectivity index (χ2n) is 4.89. The molecule has 0 aliphatic carbocycles. The van der Waals surface area contributed by atoms with Gasteiger partial charge in [0.2, 0.25) is 0 Å². The highest BCUT2D eigenvalue weighted by atomic mass is 16.5. The molecule has 0 aliphatic rings. The molecule has 22 heavy (non-hydrogen) atoms. The molecule has 0 fully saturated rings. The average Bonchev–Trinajstić information content (AvgIpc) is 2.48. The number of rotatable bonds is 5. The van der Waals surface area contributed by atoms with Crippen LogP contribution in [0.25, 0.3) is 0 Å². The molecular weight excluding hydrogens is 284 g/mol. The van der Waals surface area contributed by atoms with Crippen LogP contribution in [0.2, 0.25) is 0 Å². The van der Waals surface area contributed by atoms with Crippen LogP contribution >= 0.6 is 0 Å². The third-order valence-electron chi connectivity index (χ3n) is 3.13. The van der Waals surface area contributed by atoms with E-state index in [0.29, 0.717) is 5.75 Å². The number of hydrogen-bond acceptors (Lipinski definition) is 5. The lowest BCUT2D eigenvalue weighted by Crippen LogP contribution is -2.34. The normalized spacial score (nSPS) is 13.2. The van der Waals surface area contributed by atoms with Crippen LogP contribution in [0, 0.1) is 0 Å². The van der Waals surface area contributed by atoms with Gasteiger partial charge in [-0.05, 0) is 38.1 Å². The van der Waals surface area contributed by atoms with Gasteiger partial charge in [0.1, 0.15) is 17.2 Å². The molecule has 0 amide bonds. The Kier molecular flexibility index (Phi) is 4.68. The fourth-order valence-corrected chi connectivity index (χ4v) is 1.99. The van der Waals surface area contributed by atoms with Crippen molar-refractivity contribution >= 4 is 5.97 Å². The molecule has 0 saturated carbocycles. The van der Waals surface area contributed by atoms with Crippen molar-refractivity contribution in [3.05, 3.63) is 54.1 Å². The molecule has 116 valence electrons. The molecule has 2 N–H and O–H groups in total. The molecular formula is C17H18O5. The van der Waals surface area contributed by atoms with E-state index in [4.69, 9.17) is 9.47 Å². The summed E-state index contributed by atoms with van der Waals surface area (Å²) in [5, 5.41) is 20.1. The molecule has 0 aromatic heterocycles. The molecule has 0 radical (unpaired) electrons. The van der Waals surface area contributed by atoms with Gasteiger partial charge in [-0.15, -0.1) is 0 Å². The number of aliphatic hydroxyl groups is 1. The first kappa shape index (κ1) is 15.9. The minimum absolute atomic E-state index is 0.0330. The molecule has 2 aromatic carbocycles. The molecule has 0 heterocycles. The van der Waals surface area contributed by atoms with E-state index in [0.717, 1.165) is 0 Å². The summed E-state index contributed by atoms with van der Waals surface area (Å²) in [5.74, 6) is -0.105. The molecule has 1 unspecified atom stereocenters. The highest BCUT2D eigenvalue weighted by molar-refractivity contribution is 5.81. The molecule has 0 saturated heterocycles. The zero-order valence-corrected chi connectivity index (χ0v) is 12.4. The number of carbonyl (C=O) groups excluding carboxylic acids is 1. The highest BCUT2D eigenvalue weighted by Crippen LogP contribution is 2.36. The predicted octanol–water partition coefficient (Wildman–Crippen LogP) is 2.96. The number of carbonyl (C=O) groups is 1. The summed E-state index contributed by atoms with van der Waals surface area (Å²) in [6.07, 6.45) is 0. The molecule has 0 aliphatic heterocycles. The number of para-hydroxylation sites is 1. The van der Waals surface area contributed by atoms with Gasteiger partial charge >= 0.3 is 5.97 Å². The molecule has 5 nitrogen and oxygen atoms in total. The van der Waals surface area contributed by atoms with Crippen molar-refractivity contribution in [2.24, 2.45) is 0 Å². The first-order valence-electron chi connectivity index (χ1n) is 6.91. The van der Waals surface area contributed by atoms with Gasteiger partial charge in [0.25, 0.3) is 0 Å². The maximum atomic E-state index is 12.0. The van der Waals surface area contributed by atoms with Crippen molar-refractivity contribution in [2.45, 2.75) is 19.4 Å². The van der Waals surface area contributed by atoms with E-state index in [9.17, 15) is 15.0 Å². The van der Waals surface area contributed by atoms with Crippen molar-refractivity contribution in [3.63, 3.8) is 0 Å². The number of benzene rings is 2. The number of hydrogen-bond donors (Lipinski definition) is 2. The number of ether oxygens (including phenoxy) is 2. The molecule has 5 heteroatoms. The standard InChI is InChI=1S/C17H18O5/c1-3-21-16(19)17(2,20)14-10-9-12(18)11-15(14)22-13-7-5-4-6-8-13/h4-11,18,20H,3H2,1-2H3. The number of phenolic OH excluding ortho intramolecular Hbond substituents is 1. The van der Waals surface area contributed by atoms with Gasteiger partial charge in [-0.2, -0.15) is 0 Å². The van der Waals surface area contributed by atoms with Gasteiger partial charge in [0.05, 0.1) is 6.61 Å². The van der Waals surface area contributed by atoms with E-state index < -0.39 is 11.6 Å². The van der Waals surface area contributed by atoms with Gasteiger partial charge in [-0.3, -0.25) is 0 Å². The summed E-state index contributed by atoms with van der Waals surface area (Å²) in [4.78, 5) is 12.0. The minimum Gasteiger partial charge on any atom is -0.508 e. The van der Waals surface area contributed by atoms with E-state index in [1.165, 1.54) is 25.1 Å². The smallest absolute Gasteiger partial charge is 0.342 e. The Labute approximate surface area is 128 Å². The second kappa shape index (κ2) is 6.49. The molecule has 2 rings (SSSR count). The monoisotopic (exact) mass is 302 g/mol. The quantitative estimate of drug-likeness (QED) is 0.830. The van der Waals surface area contributed by atoms with Crippen molar-refractivity contribution in [1.29, 1.82) is 0 Å². The topological polar surface area (TPSA) is 76.0 Å².